The number of thiophene rings is 1. The van der Waals surface area contributed by atoms with Gasteiger partial charge in [-0.25, -0.2) is 0 Å². The van der Waals surface area contributed by atoms with Crippen LogP contribution in [0.15, 0.2) is 12.1 Å². The number of carbonyl (C=O) groups excluding carboxylic acids is 1. The Hall–Kier alpha value is -0.870. The molecule has 1 aromatic heterocycles. The van der Waals surface area contributed by atoms with Gasteiger partial charge in [0, 0.05) is 15.3 Å². The summed E-state index contributed by atoms with van der Waals surface area (Å²) in [5.74, 6) is 0.956. The highest BCUT2D eigenvalue weighted by Gasteiger charge is 2.52. The van der Waals surface area contributed by atoms with Gasteiger partial charge in [-0.3, -0.25) is 10.1 Å². The van der Waals surface area contributed by atoms with E-state index in [2.05, 4.69) is 50.0 Å². The molecule has 21 heavy (non-hydrogen) atoms. The molecule has 1 aliphatic heterocycles. The predicted octanol–water partition coefficient (Wildman–Crippen LogP) is 3.84. The lowest BCUT2D eigenvalue weighted by atomic mass is 9.95. The third-order valence-electron chi connectivity index (χ3n) is 4.96. The van der Waals surface area contributed by atoms with Gasteiger partial charge in [-0.05, 0) is 58.1 Å². The average Bonchev–Trinajstić information content (AvgIpc) is 3.13. The molecule has 2 unspecified atom stereocenters. The van der Waals surface area contributed by atoms with Crippen LogP contribution in [0.3, 0.4) is 0 Å². The summed E-state index contributed by atoms with van der Waals surface area (Å²) < 4.78 is 0. The second-order valence-electron chi connectivity index (χ2n) is 7.00. The summed E-state index contributed by atoms with van der Waals surface area (Å²) >= 11 is 1.80. The van der Waals surface area contributed by atoms with Crippen molar-refractivity contribution in [2.45, 2.75) is 71.1 Å². The van der Waals surface area contributed by atoms with Crippen LogP contribution in [0.2, 0.25) is 0 Å². The molecule has 2 fully saturated rings. The van der Waals surface area contributed by atoms with E-state index < -0.39 is 0 Å². The number of amides is 1. The van der Waals surface area contributed by atoms with E-state index in [-0.39, 0.29) is 17.7 Å². The molecule has 1 aliphatic carbocycles. The lowest BCUT2D eigenvalue weighted by Crippen LogP contribution is -2.49. The minimum atomic E-state index is -0.0465. The molecule has 3 nitrogen and oxygen atoms in total. The Kier molecular flexibility index (Phi) is 3.87. The topological polar surface area (TPSA) is 32.3 Å². The minimum Gasteiger partial charge on any atom is -0.315 e. The van der Waals surface area contributed by atoms with Crippen molar-refractivity contribution in [2.75, 3.05) is 0 Å². The zero-order valence-corrected chi connectivity index (χ0v) is 14.3. The number of aryl methyl sites for hydroxylation is 1. The van der Waals surface area contributed by atoms with Crippen molar-refractivity contribution in [3.05, 3.63) is 21.9 Å². The summed E-state index contributed by atoms with van der Waals surface area (Å²) in [6.45, 7) is 8.76. The number of nitrogens with one attached hydrogen (secondary N) is 1. The highest BCUT2D eigenvalue weighted by molar-refractivity contribution is 7.12. The van der Waals surface area contributed by atoms with E-state index in [9.17, 15) is 4.79 Å². The van der Waals surface area contributed by atoms with Crippen molar-refractivity contribution in [2.24, 2.45) is 5.92 Å². The summed E-state index contributed by atoms with van der Waals surface area (Å²) in [4.78, 5) is 17.7. The van der Waals surface area contributed by atoms with E-state index in [4.69, 9.17) is 0 Å². The van der Waals surface area contributed by atoms with Gasteiger partial charge in [-0.1, -0.05) is 13.3 Å². The molecule has 2 atom stereocenters. The summed E-state index contributed by atoms with van der Waals surface area (Å²) in [5.41, 5.74) is -0.0465. The highest BCUT2D eigenvalue weighted by atomic mass is 32.1. The van der Waals surface area contributed by atoms with E-state index in [1.54, 1.807) is 11.3 Å². The van der Waals surface area contributed by atoms with Gasteiger partial charge in [-0.2, -0.15) is 0 Å². The molecule has 4 heteroatoms. The monoisotopic (exact) mass is 306 g/mol. The normalized spacial score (nSPS) is 26.7. The van der Waals surface area contributed by atoms with Crippen molar-refractivity contribution in [3.8, 4) is 0 Å². The smallest absolute Gasteiger partial charge is 0.241 e. The third-order valence-corrected chi connectivity index (χ3v) is 6.01. The molecule has 0 aromatic carbocycles. The first-order chi connectivity index (χ1) is 9.95. The third kappa shape index (κ3) is 2.64. The van der Waals surface area contributed by atoms with Crippen molar-refractivity contribution in [1.82, 2.24) is 10.2 Å². The fraction of sp³-hybridized carbons (Fsp3) is 0.706. The number of hydrogen-bond donors (Lipinski definition) is 1. The maximum atomic E-state index is 12.9. The van der Waals surface area contributed by atoms with E-state index in [1.807, 2.05) is 0 Å². The Bertz CT molecular complexity index is 533. The van der Waals surface area contributed by atoms with Crippen molar-refractivity contribution in [1.29, 1.82) is 0 Å². The number of rotatable bonds is 5. The largest absolute Gasteiger partial charge is 0.315 e. The SMILES string of the molecule is CCCC1NC(c2ccc(C)s2)N(C(C)(C)C2CC2)C1=O. The van der Waals surface area contributed by atoms with Crippen LogP contribution in [0.1, 0.15) is 62.4 Å². The fourth-order valence-corrected chi connectivity index (χ4v) is 4.47. The van der Waals surface area contributed by atoms with Crippen LogP contribution in [0, 0.1) is 12.8 Å². The Morgan fingerprint density at radius 1 is 1.38 bits per heavy atom. The molecule has 1 N–H and O–H groups in total. The second-order valence-corrected chi connectivity index (χ2v) is 8.31. The van der Waals surface area contributed by atoms with Crippen molar-refractivity contribution >= 4 is 17.2 Å². The summed E-state index contributed by atoms with van der Waals surface area (Å²) in [5, 5.41) is 3.60. The molecule has 1 aromatic rings. The zero-order valence-electron chi connectivity index (χ0n) is 13.5. The van der Waals surface area contributed by atoms with Gasteiger partial charge < -0.3 is 4.90 Å². The predicted molar refractivity (Wildman–Crippen MR) is 87.3 cm³/mol. The van der Waals surface area contributed by atoms with Gasteiger partial charge in [0.1, 0.15) is 6.17 Å². The van der Waals surface area contributed by atoms with Gasteiger partial charge in [0.05, 0.1) is 6.04 Å². The van der Waals surface area contributed by atoms with E-state index >= 15 is 0 Å². The molecule has 0 spiro atoms. The Labute approximate surface area is 131 Å². The summed E-state index contributed by atoms with van der Waals surface area (Å²) in [7, 11) is 0. The maximum absolute atomic E-state index is 12.9. The number of carbonyl (C=O) groups is 1. The van der Waals surface area contributed by atoms with Crippen LogP contribution in [0.4, 0.5) is 0 Å². The standard InChI is InChI=1S/C17H26N2OS/c1-5-6-13-16(20)19(17(3,4)12-8-9-12)15(18-13)14-10-7-11(2)21-14/h7,10,12-13,15,18H,5-6,8-9H2,1-4H3. The molecule has 1 saturated heterocycles. The maximum Gasteiger partial charge on any atom is 0.241 e. The van der Waals surface area contributed by atoms with Crippen LogP contribution in [0.5, 0.6) is 0 Å². The lowest BCUT2D eigenvalue weighted by Gasteiger charge is -2.39. The van der Waals surface area contributed by atoms with Crippen molar-refractivity contribution < 1.29 is 4.79 Å². The van der Waals surface area contributed by atoms with Crippen molar-refractivity contribution in [3.63, 3.8) is 0 Å². The van der Waals surface area contributed by atoms with Crippen LogP contribution in [-0.2, 0) is 4.79 Å². The zero-order chi connectivity index (χ0) is 15.2. The van der Waals surface area contributed by atoms with E-state index in [0.717, 1.165) is 12.8 Å². The molecule has 2 aliphatic rings. The van der Waals surface area contributed by atoms with Crippen LogP contribution < -0.4 is 5.32 Å². The van der Waals surface area contributed by atoms with Crippen LogP contribution >= 0.6 is 11.3 Å². The Morgan fingerprint density at radius 2 is 2.10 bits per heavy atom. The first-order valence-electron chi connectivity index (χ1n) is 8.10. The molecular weight excluding hydrogens is 280 g/mol. The molecular formula is C17H26N2OS. The molecule has 3 rings (SSSR count). The summed E-state index contributed by atoms with van der Waals surface area (Å²) in [6, 6.07) is 4.32. The van der Waals surface area contributed by atoms with Crippen LogP contribution in [0.25, 0.3) is 0 Å². The van der Waals surface area contributed by atoms with Gasteiger partial charge in [0.2, 0.25) is 5.91 Å². The first kappa shape index (κ1) is 15.0. The molecule has 2 heterocycles. The Balaban J connectivity index is 1.93. The van der Waals surface area contributed by atoms with Crippen LogP contribution in [-0.4, -0.2) is 22.4 Å². The minimum absolute atomic E-state index is 0.0135. The second kappa shape index (κ2) is 5.40. The number of nitrogens with zero attached hydrogens (tertiary/aromatic N) is 1. The van der Waals surface area contributed by atoms with E-state index in [0.29, 0.717) is 11.8 Å². The molecule has 0 radical (unpaired) electrons. The molecule has 1 amide bonds. The first-order valence-corrected chi connectivity index (χ1v) is 8.92. The summed E-state index contributed by atoms with van der Waals surface area (Å²) in [6.07, 6.45) is 4.54. The molecule has 1 saturated carbocycles. The average molecular weight is 306 g/mol. The highest BCUT2D eigenvalue weighted by Crippen LogP contribution is 2.47. The Morgan fingerprint density at radius 3 is 2.62 bits per heavy atom. The van der Waals surface area contributed by atoms with E-state index in [1.165, 1.54) is 22.6 Å². The lowest BCUT2D eigenvalue weighted by molar-refractivity contribution is -0.136. The van der Waals surface area contributed by atoms with Gasteiger partial charge in [-0.15, -0.1) is 11.3 Å². The fourth-order valence-electron chi connectivity index (χ4n) is 3.54. The van der Waals surface area contributed by atoms with Gasteiger partial charge in [0.25, 0.3) is 0 Å². The van der Waals surface area contributed by atoms with Gasteiger partial charge >= 0.3 is 0 Å². The number of hydrogen-bond acceptors (Lipinski definition) is 3. The quantitative estimate of drug-likeness (QED) is 0.896. The molecule has 116 valence electrons. The van der Waals surface area contributed by atoms with Gasteiger partial charge in [0.15, 0.2) is 0 Å². The molecule has 0 bridgehead atoms.